The third kappa shape index (κ3) is 8.28. The number of nitrogens with zero attached hydrogens (tertiary/aromatic N) is 2. The van der Waals surface area contributed by atoms with Crippen molar-refractivity contribution in [2.24, 2.45) is 11.8 Å². The van der Waals surface area contributed by atoms with E-state index in [4.69, 9.17) is 25.2 Å². The van der Waals surface area contributed by atoms with E-state index in [9.17, 15) is 29.1 Å². The topological polar surface area (TPSA) is 204 Å². The van der Waals surface area contributed by atoms with E-state index in [1.54, 1.807) is 12.1 Å². The molecule has 262 valence electrons. The second-order valence-corrected chi connectivity index (χ2v) is 13.4. The molecule has 5 N–H and O–H groups in total. The van der Waals surface area contributed by atoms with Gasteiger partial charge in [0.15, 0.2) is 18.0 Å². The molecule has 1 saturated heterocycles. The van der Waals surface area contributed by atoms with Crippen molar-refractivity contribution in [2.75, 3.05) is 19.7 Å². The Labute approximate surface area is 282 Å². The highest BCUT2D eigenvalue weighted by molar-refractivity contribution is 5.98. The molecule has 13 nitrogen and oxygen atoms in total. The van der Waals surface area contributed by atoms with Crippen LogP contribution in [0.4, 0.5) is 0 Å². The standard InChI is InChI=1S/C30H34N2O4.C6H8O7/c1-2-11-31-17-22(30(35)36-18-28(34)20-5-3-6-23(33)12-20)13-25-24-7-4-8-26-29(24)21(14-27(25)31)16-32(26)15-19-9-10-19;7-3(8)1-6(13,5(11)12)2-4(9)10/h3-8,12,16,19,22,25,27,33H,2,9-11,13-15,17-18H2,1H3;13H,1-2H2,(H,7,8)(H,9,10)(H,11,12)/t22-,25?,27-;/m1./s1. The molecular formula is C36H42N2O11. The zero-order valence-corrected chi connectivity index (χ0v) is 27.3. The number of hydrogen-bond donors (Lipinski definition) is 5. The largest absolute Gasteiger partial charge is 0.508 e. The number of aromatic nitrogens is 1. The number of carbonyl (C=O) groups excluding carboxylic acids is 2. The molecule has 0 spiro atoms. The molecule has 3 atom stereocenters. The Bertz CT molecular complexity index is 1730. The van der Waals surface area contributed by atoms with Gasteiger partial charge in [-0.15, -0.1) is 0 Å². The first-order chi connectivity index (χ1) is 23.3. The summed E-state index contributed by atoms with van der Waals surface area (Å²) >= 11 is 0. The highest BCUT2D eigenvalue weighted by Gasteiger charge is 2.44. The molecule has 3 aromatic rings. The first kappa shape index (κ1) is 35.6. The number of phenolic OH excluding ortho intramolecular Hbond substituents is 1. The van der Waals surface area contributed by atoms with Gasteiger partial charge in [-0.05, 0) is 73.9 Å². The van der Waals surface area contributed by atoms with Gasteiger partial charge in [0.1, 0.15) is 5.75 Å². The van der Waals surface area contributed by atoms with Crippen molar-refractivity contribution < 1.29 is 54.2 Å². The number of aliphatic carboxylic acids is 3. The summed E-state index contributed by atoms with van der Waals surface area (Å²) in [5.41, 5.74) is 1.75. The minimum Gasteiger partial charge on any atom is -0.508 e. The molecule has 2 fully saturated rings. The van der Waals surface area contributed by atoms with E-state index in [1.807, 2.05) is 0 Å². The second kappa shape index (κ2) is 14.8. The van der Waals surface area contributed by atoms with Crippen molar-refractivity contribution in [3.63, 3.8) is 0 Å². The number of fused-ring (bicyclic) bond motifs is 2. The zero-order valence-electron chi connectivity index (χ0n) is 27.3. The van der Waals surface area contributed by atoms with E-state index in [2.05, 4.69) is 40.8 Å². The van der Waals surface area contributed by atoms with Gasteiger partial charge in [-0.25, -0.2) is 4.79 Å². The van der Waals surface area contributed by atoms with Gasteiger partial charge in [0.05, 0.1) is 18.8 Å². The molecule has 3 aliphatic rings. The number of ketones is 1. The number of aromatic hydroxyl groups is 1. The number of aliphatic hydroxyl groups is 1. The van der Waals surface area contributed by atoms with Crippen molar-refractivity contribution in [2.45, 2.75) is 76.0 Å². The van der Waals surface area contributed by atoms with E-state index in [0.29, 0.717) is 18.2 Å². The van der Waals surface area contributed by atoms with Gasteiger partial charge in [-0.3, -0.25) is 24.1 Å². The molecule has 0 amide bonds. The van der Waals surface area contributed by atoms with E-state index in [0.717, 1.165) is 38.3 Å². The Morgan fingerprint density at radius 2 is 1.67 bits per heavy atom. The quantitative estimate of drug-likeness (QED) is 0.130. The lowest BCUT2D eigenvalue weighted by atomic mass is 9.72. The van der Waals surface area contributed by atoms with Crippen LogP contribution in [0.25, 0.3) is 10.9 Å². The highest BCUT2D eigenvalue weighted by atomic mass is 16.5. The lowest BCUT2D eigenvalue weighted by molar-refractivity contribution is -0.170. The van der Waals surface area contributed by atoms with E-state index < -0.39 is 36.4 Å². The molecule has 13 heteroatoms. The van der Waals surface area contributed by atoms with E-state index >= 15 is 0 Å². The number of ether oxygens (including phenoxy) is 1. The van der Waals surface area contributed by atoms with Crippen LogP contribution in [-0.2, 0) is 36.9 Å². The van der Waals surface area contributed by atoms with Crippen LogP contribution < -0.4 is 0 Å². The summed E-state index contributed by atoms with van der Waals surface area (Å²) in [6.07, 6.45) is 5.57. The number of hydrogen-bond acceptors (Lipinski definition) is 9. The van der Waals surface area contributed by atoms with Gasteiger partial charge in [0.25, 0.3) is 0 Å². The zero-order chi connectivity index (χ0) is 35.5. The summed E-state index contributed by atoms with van der Waals surface area (Å²) in [6, 6.07) is 13.2. The molecule has 1 saturated carbocycles. The van der Waals surface area contributed by atoms with Gasteiger partial charge in [0.2, 0.25) is 0 Å². The minimum absolute atomic E-state index is 0.0255. The average molecular weight is 679 g/mol. The van der Waals surface area contributed by atoms with Crippen LogP contribution >= 0.6 is 0 Å². The lowest BCUT2D eigenvalue weighted by Gasteiger charge is -2.46. The highest BCUT2D eigenvalue weighted by Crippen LogP contribution is 2.46. The predicted molar refractivity (Wildman–Crippen MR) is 175 cm³/mol. The maximum Gasteiger partial charge on any atom is 0.336 e. The fourth-order valence-electron chi connectivity index (χ4n) is 7.15. The molecule has 1 unspecified atom stereocenters. The molecule has 6 rings (SSSR count). The molecule has 1 aliphatic heterocycles. The number of piperidine rings is 1. The number of benzene rings is 2. The van der Waals surface area contributed by atoms with Crippen LogP contribution in [0.1, 0.15) is 72.9 Å². The van der Waals surface area contributed by atoms with Crippen molar-refractivity contribution >= 4 is 40.6 Å². The number of rotatable bonds is 13. The molecule has 1 aromatic heterocycles. The van der Waals surface area contributed by atoms with Crippen LogP contribution in [-0.4, -0.2) is 96.0 Å². The fraction of sp³-hybridized carbons (Fsp3) is 0.472. The second-order valence-electron chi connectivity index (χ2n) is 13.4. The average Bonchev–Trinajstić information content (AvgIpc) is 3.80. The number of esters is 1. The first-order valence-electron chi connectivity index (χ1n) is 16.5. The fourth-order valence-corrected chi connectivity index (χ4v) is 7.15. The van der Waals surface area contributed by atoms with Crippen LogP contribution in [0.5, 0.6) is 5.75 Å². The Balaban J connectivity index is 0.000000308. The molecule has 0 bridgehead atoms. The Morgan fingerprint density at radius 3 is 2.29 bits per heavy atom. The monoisotopic (exact) mass is 678 g/mol. The first-order valence-corrected chi connectivity index (χ1v) is 16.5. The smallest absolute Gasteiger partial charge is 0.336 e. The van der Waals surface area contributed by atoms with Crippen LogP contribution in [0.2, 0.25) is 0 Å². The van der Waals surface area contributed by atoms with Gasteiger partial charge >= 0.3 is 23.9 Å². The van der Waals surface area contributed by atoms with Crippen molar-refractivity contribution in [3.8, 4) is 5.75 Å². The summed E-state index contributed by atoms with van der Waals surface area (Å²) < 4.78 is 8.00. The molecular weight excluding hydrogens is 636 g/mol. The predicted octanol–water partition coefficient (Wildman–Crippen LogP) is 3.67. The van der Waals surface area contributed by atoms with Crippen molar-refractivity contribution in [3.05, 3.63) is 65.4 Å². The summed E-state index contributed by atoms with van der Waals surface area (Å²) in [5.74, 6) is -4.77. The van der Waals surface area contributed by atoms with Crippen LogP contribution in [0, 0.1) is 11.8 Å². The lowest BCUT2D eigenvalue weighted by Crippen LogP contribution is -2.52. The third-order valence-corrected chi connectivity index (χ3v) is 9.57. The van der Waals surface area contributed by atoms with Crippen molar-refractivity contribution in [1.82, 2.24) is 9.47 Å². The number of Topliss-reactive ketones (excluding diaryl/α,β-unsaturated/α-hetero) is 1. The van der Waals surface area contributed by atoms with Gasteiger partial charge < -0.3 is 34.8 Å². The molecule has 49 heavy (non-hydrogen) atoms. The molecule has 2 heterocycles. The summed E-state index contributed by atoms with van der Waals surface area (Å²) in [6.45, 7) is 4.61. The third-order valence-electron chi connectivity index (χ3n) is 9.57. The molecule has 0 radical (unpaired) electrons. The van der Waals surface area contributed by atoms with Gasteiger partial charge in [0, 0.05) is 47.7 Å². The van der Waals surface area contributed by atoms with Crippen LogP contribution in [0.15, 0.2) is 48.7 Å². The number of carbonyl (C=O) groups is 5. The summed E-state index contributed by atoms with van der Waals surface area (Å²) in [5, 5.41) is 44.8. The minimum atomic E-state index is -2.74. The van der Waals surface area contributed by atoms with E-state index in [-0.39, 0.29) is 35.9 Å². The Hall–Kier alpha value is -4.75. The number of likely N-dealkylation sites (tertiary alicyclic amines) is 1. The van der Waals surface area contributed by atoms with Gasteiger partial charge in [-0.1, -0.05) is 31.2 Å². The maximum atomic E-state index is 13.2. The number of carboxylic acids is 3. The molecule has 2 aliphatic carbocycles. The summed E-state index contributed by atoms with van der Waals surface area (Å²) in [7, 11) is 0. The normalized spacial score (nSPS) is 20.1. The maximum absolute atomic E-state index is 13.2. The Morgan fingerprint density at radius 1 is 0.980 bits per heavy atom. The van der Waals surface area contributed by atoms with Crippen molar-refractivity contribution in [1.29, 1.82) is 0 Å². The molecule has 2 aromatic carbocycles. The van der Waals surface area contributed by atoms with Gasteiger partial charge in [-0.2, -0.15) is 0 Å². The number of phenols is 1. The Kier molecular flexibility index (Phi) is 10.7. The SMILES string of the molecule is CCCN1C[C@H](C(=O)OCC(=O)c2cccc(O)c2)CC2c3cccc4c3c(cn4CC3CC3)C[C@H]21.O=C(O)CC(O)(CC(=O)O)C(=O)O. The van der Waals surface area contributed by atoms with E-state index in [1.165, 1.54) is 47.0 Å². The number of carboxylic acid groups (broad SMARTS) is 3. The summed E-state index contributed by atoms with van der Waals surface area (Å²) in [4.78, 5) is 58.7. The van der Waals surface area contributed by atoms with Crippen LogP contribution in [0.3, 0.4) is 0 Å².